The lowest BCUT2D eigenvalue weighted by molar-refractivity contribution is 0.0941. The molecule has 0 bridgehead atoms. The highest BCUT2D eigenvalue weighted by atomic mass is 32.2. The van der Waals surface area contributed by atoms with Gasteiger partial charge in [0.05, 0.1) is 12.1 Å². The average molecular weight is 371 g/mol. The minimum absolute atomic E-state index is 0.0950. The van der Waals surface area contributed by atoms with Gasteiger partial charge in [0.25, 0.3) is 11.7 Å². The molecule has 0 aliphatic heterocycles. The number of thioether (sulfide) groups is 1. The van der Waals surface area contributed by atoms with E-state index in [1.54, 1.807) is 11.4 Å². The maximum atomic E-state index is 12.5. The fourth-order valence-corrected chi connectivity index (χ4v) is 3.71. The number of benzene rings is 1. The number of hydrogen-bond donors (Lipinski definition) is 1. The van der Waals surface area contributed by atoms with Gasteiger partial charge in [-0.15, -0.1) is 11.3 Å². The van der Waals surface area contributed by atoms with E-state index < -0.39 is 5.76 Å². The average Bonchev–Trinajstić information content (AvgIpc) is 2.94. The van der Waals surface area contributed by atoms with Crippen LogP contribution in [0.3, 0.4) is 0 Å². The lowest BCUT2D eigenvalue weighted by Gasteiger charge is -2.16. The van der Waals surface area contributed by atoms with Gasteiger partial charge in [-0.3, -0.25) is 4.79 Å². The Morgan fingerprint density at radius 1 is 1.17 bits per heavy atom. The van der Waals surface area contributed by atoms with Gasteiger partial charge in [-0.1, -0.05) is 23.9 Å². The van der Waals surface area contributed by atoms with Crippen molar-refractivity contribution in [3.8, 4) is 5.75 Å². The lowest BCUT2D eigenvalue weighted by atomic mass is 10.1. The number of ether oxygens (including phenoxy) is 1. The van der Waals surface area contributed by atoms with Crippen molar-refractivity contribution in [3.63, 3.8) is 0 Å². The monoisotopic (exact) mass is 371 g/mol. The summed E-state index contributed by atoms with van der Waals surface area (Å²) >= 11 is 1.55. The van der Waals surface area contributed by atoms with Crippen LogP contribution in [0, 0.1) is 0 Å². The largest absolute Gasteiger partial charge is 0.491 e. The van der Waals surface area contributed by atoms with E-state index in [1.165, 1.54) is 0 Å². The molecule has 0 aliphatic carbocycles. The van der Waals surface area contributed by atoms with Gasteiger partial charge >= 0.3 is 0 Å². The maximum Gasteiger partial charge on any atom is 0.288 e. The van der Waals surface area contributed by atoms with E-state index in [4.69, 9.17) is 4.74 Å². The third-order valence-corrected chi connectivity index (χ3v) is 4.97. The molecule has 24 heavy (non-hydrogen) atoms. The number of alkyl halides is 2. The summed E-state index contributed by atoms with van der Waals surface area (Å²) in [6.07, 6.45) is 0.0950. The van der Waals surface area contributed by atoms with Crippen molar-refractivity contribution in [2.75, 3.05) is 0 Å². The minimum Gasteiger partial charge on any atom is -0.491 e. The van der Waals surface area contributed by atoms with Crippen LogP contribution in [0.2, 0.25) is 0 Å². The fourth-order valence-electron chi connectivity index (χ4n) is 2.10. The molecular formula is C17H19F2NO2S2. The molecule has 0 aliphatic rings. The molecule has 1 atom stereocenters. The summed E-state index contributed by atoms with van der Waals surface area (Å²) in [7, 11) is 0. The highest BCUT2D eigenvalue weighted by Gasteiger charge is 2.19. The smallest absolute Gasteiger partial charge is 0.288 e. The Hall–Kier alpha value is -1.60. The number of thiophene rings is 1. The van der Waals surface area contributed by atoms with Crippen molar-refractivity contribution in [1.82, 2.24) is 5.32 Å². The van der Waals surface area contributed by atoms with Crippen LogP contribution in [0.15, 0.2) is 40.6 Å². The Labute approximate surface area is 148 Å². The van der Waals surface area contributed by atoms with Crippen molar-refractivity contribution in [1.29, 1.82) is 0 Å². The van der Waals surface area contributed by atoms with Crippen LogP contribution in [0.5, 0.6) is 5.75 Å². The second-order valence-electron chi connectivity index (χ2n) is 5.42. The van der Waals surface area contributed by atoms with Gasteiger partial charge in [0.2, 0.25) is 0 Å². The number of amides is 1. The maximum absolute atomic E-state index is 12.5. The van der Waals surface area contributed by atoms with Crippen LogP contribution in [-0.4, -0.2) is 17.8 Å². The van der Waals surface area contributed by atoms with Crippen LogP contribution in [0.4, 0.5) is 8.78 Å². The molecule has 0 radical (unpaired) electrons. The number of rotatable bonds is 7. The zero-order valence-electron chi connectivity index (χ0n) is 13.6. The predicted octanol–water partition coefficient (Wildman–Crippen LogP) is 5.34. The zero-order valence-corrected chi connectivity index (χ0v) is 15.2. The van der Waals surface area contributed by atoms with Gasteiger partial charge in [-0.05, 0) is 49.9 Å². The van der Waals surface area contributed by atoms with E-state index in [1.807, 2.05) is 45.0 Å². The summed E-state index contributed by atoms with van der Waals surface area (Å²) in [5.41, 5.74) is 0.916. The number of carbonyl (C=O) groups excluding carboxylic acids is 1. The minimum atomic E-state index is -2.54. The third-order valence-electron chi connectivity index (χ3n) is 3.15. The van der Waals surface area contributed by atoms with Gasteiger partial charge in [0.1, 0.15) is 10.6 Å². The second-order valence-corrected chi connectivity index (χ2v) is 7.37. The van der Waals surface area contributed by atoms with E-state index in [0.29, 0.717) is 21.5 Å². The number of halogens is 2. The Bertz CT molecular complexity index is 671. The summed E-state index contributed by atoms with van der Waals surface area (Å²) in [6.45, 7) is 5.75. The van der Waals surface area contributed by atoms with Gasteiger partial charge < -0.3 is 10.1 Å². The van der Waals surface area contributed by atoms with Crippen molar-refractivity contribution in [2.45, 2.75) is 43.6 Å². The zero-order chi connectivity index (χ0) is 17.7. The van der Waals surface area contributed by atoms with E-state index in [9.17, 15) is 13.6 Å². The standard InChI is InChI=1S/C17H19F2NO2S2/c1-10(2)22-13-6-4-12(5-7-13)11(3)20-16(21)15-14(8-9-23-15)24-17(18)19/h4-11,17H,1-3H3,(H,20,21). The number of nitrogens with one attached hydrogen (secondary N) is 1. The molecule has 0 fully saturated rings. The van der Waals surface area contributed by atoms with Crippen LogP contribution in [-0.2, 0) is 0 Å². The molecule has 0 spiro atoms. The van der Waals surface area contributed by atoms with E-state index >= 15 is 0 Å². The van der Waals surface area contributed by atoms with Crippen LogP contribution >= 0.6 is 23.1 Å². The van der Waals surface area contributed by atoms with Gasteiger partial charge in [-0.25, -0.2) is 0 Å². The molecule has 1 aromatic carbocycles. The SMILES string of the molecule is CC(C)Oc1ccc(C(C)NC(=O)c2sccc2SC(F)F)cc1. The first-order valence-electron chi connectivity index (χ1n) is 7.46. The summed E-state index contributed by atoms with van der Waals surface area (Å²) in [6, 6.07) is 8.76. The second kappa shape index (κ2) is 8.48. The highest BCUT2D eigenvalue weighted by molar-refractivity contribution is 7.99. The molecular weight excluding hydrogens is 352 g/mol. The first-order valence-corrected chi connectivity index (χ1v) is 9.22. The van der Waals surface area contributed by atoms with Crippen LogP contribution in [0.1, 0.15) is 42.0 Å². The van der Waals surface area contributed by atoms with Crippen LogP contribution < -0.4 is 10.1 Å². The molecule has 130 valence electrons. The van der Waals surface area contributed by atoms with Crippen molar-refractivity contribution in [2.24, 2.45) is 0 Å². The Morgan fingerprint density at radius 3 is 2.42 bits per heavy atom. The molecule has 1 amide bonds. The molecule has 0 saturated carbocycles. The van der Waals surface area contributed by atoms with Crippen LogP contribution in [0.25, 0.3) is 0 Å². The van der Waals surface area contributed by atoms with Gasteiger partial charge in [-0.2, -0.15) is 8.78 Å². The van der Waals surface area contributed by atoms with Gasteiger partial charge in [0.15, 0.2) is 0 Å². The Kier molecular flexibility index (Phi) is 6.62. The first kappa shape index (κ1) is 18.7. The summed E-state index contributed by atoms with van der Waals surface area (Å²) in [4.78, 5) is 12.9. The van der Waals surface area contributed by atoms with E-state index in [2.05, 4.69) is 5.32 Å². The molecule has 1 aromatic heterocycles. The van der Waals surface area contributed by atoms with Crippen molar-refractivity contribution >= 4 is 29.0 Å². The summed E-state index contributed by atoms with van der Waals surface area (Å²) in [5, 5.41) is 4.49. The molecule has 7 heteroatoms. The number of hydrogen-bond acceptors (Lipinski definition) is 4. The van der Waals surface area contributed by atoms with E-state index in [0.717, 1.165) is 22.6 Å². The molecule has 1 N–H and O–H groups in total. The third kappa shape index (κ3) is 5.21. The summed E-state index contributed by atoms with van der Waals surface area (Å²) < 4.78 is 30.6. The first-order chi connectivity index (χ1) is 11.4. The van der Waals surface area contributed by atoms with Gasteiger partial charge in [0, 0.05) is 4.90 Å². The Balaban J connectivity index is 2.02. The fraction of sp³-hybridized carbons (Fsp3) is 0.353. The Morgan fingerprint density at radius 2 is 1.83 bits per heavy atom. The van der Waals surface area contributed by atoms with E-state index in [-0.39, 0.29) is 18.1 Å². The lowest BCUT2D eigenvalue weighted by Crippen LogP contribution is -2.26. The molecule has 3 nitrogen and oxygen atoms in total. The van der Waals surface area contributed by atoms with Crippen molar-refractivity contribution in [3.05, 3.63) is 46.2 Å². The molecule has 0 saturated heterocycles. The number of carbonyl (C=O) groups is 1. The topological polar surface area (TPSA) is 38.3 Å². The highest BCUT2D eigenvalue weighted by Crippen LogP contribution is 2.32. The summed E-state index contributed by atoms with van der Waals surface area (Å²) in [5.74, 6) is -2.12. The predicted molar refractivity (Wildman–Crippen MR) is 94.3 cm³/mol. The quantitative estimate of drug-likeness (QED) is 0.668. The van der Waals surface area contributed by atoms with Crippen molar-refractivity contribution < 1.29 is 18.3 Å². The molecule has 1 unspecified atom stereocenters. The molecule has 1 heterocycles. The molecule has 2 rings (SSSR count). The normalized spacial score (nSPS) is 12.5. The molecule has 2 aromatic rings.